The lowest BCUT2D eigenvalue weighted by Gasteiger charge is -2.19. The Morgan fingerprint density at radius 3 is 2.88 bits per heavy atom. The first kappa shape index (κ1) is 10.3. The highest BCUT2D eigenvalue weighted by Crippen LogP contribution is 2.57. The Morgan fingerprint density at radius 1 is 1.44 bits per heavy atom. The minimum Gasteiger partial charge on any atom is -0.386 e. The lowest BCUT2D eigenvalue weighted by molar-refractivity contribution is 0.0951. The highest BCUT2D eigenvalue weighted by Gasteiger charge is 2.48. The first-order valence-corrected chi connectivity index (χ1v) is 6.36. The van der Waals surface area contributed by atoms with Crippen LogP contribution in [-0.4, -0.2) is 20.1 Å². The normalized spacial score (nSPS) is 33.8. The van der Waals surface area contributed by atoms with Gasteiger partial charge >= 0.3 is 0 Å². The third-order valence-corrected chi connectivity index (χ3v) is 4.11. The minimum atomic E-state index is -0.352. The summed E-state index contributed by atoms with van der Waals surface area (Å²) in [5.41, 5.74) is 0.910. The van der Waals surface area contributed by atoms with Crippen molar-refractivity contribution in [3.05, 3.63) is 11.9 Å². The molecule has 0 aromatic carbocycles. The Hall–Kier alpha value is -0.900. The molecule has 1 heterocycles. The second-order valence-corrected chi connectivity index (χ2v) is 5.31. The van der Waals surface area contributed by atoms with Crippen LogP contribution in [0.5, 0.6) is 0 Å². The first-order valence-electron chi connectivity index (χ1n) is 6.36. The Bertz CT molecular complexity index is 366. The van der Waals surface area contributed by atoms with Gasteiger partial charge in [-0.3, -0.25) is 0 Å². The summed E-state index contributed by atoms with van der Waals surface area (Å²) in [5, 5.41) is 18.3. The molecule has 3 rings (SSSR count). The van der Waals surface area contributed by atoms with E-state index in [1.165, 1.54) is 19.3 Å². The molecule has 0 saturated heterocycles. The van der Waals surface area contributed by atoms with E-state index in [4.69, 9.17) is 0 Å². The molecule has 0 aliphatic heterocycles. The van der Waals surface area contributed by atoms with Crippen LogP contribution in [0.25, 0.3) is 0 Å². The van der Waals surface area contributed by atoms with E-state index >= 15 is 0 Å². The second kappa shape index (κ2) is 3.84. The molecule has 1 N–H and O–H groups in total. The van der Waals surface area contributed by atoms with Gasteiger partial charge in [0, 0.05) is 6.54 Å². The average Bonchev–Trinajstić information content (AvgIpc) is 2.74. The predicted molar refractivity (Wildman–Crippen MR) is 59.6 cm³/mol. The van der Waals surface area contributed by atoms with Crippen LogP contribution in [-0.2, 0) is 6.54 Å². The molecule has 2 aliphatic carbocycles. The Kier molecular flexibility index (Phi) is 2.46. The number of fused-ring (bicyclic) bond motifs is 1. The zero-order chi connectivity index (χ0) is 11.1. The van der Waals surface area contributed by atoms with Gasteiger partial charge in [0.2, 0.25) is 0 Å². The minimum absolute atomic E-state index is 0.352. The van der Waals surface area contributed by atoms with E-state index in [-0.39, 0.29) is 6.10 Å². The van der Waals surface area contributed by atoms with Gasteiger partial charge in [0.1, 0.15) is 6.10 Å². The molecule has 0 amide bonds. The van der Waals surface area contributed by atoms with E-state index in [9.17, 15) is 5.11 Å². The number of hydrogen-bond acceptors (Lipinski definition) is 3. The number of nitrogens with zero attached hydrogens (tertiary/aromatic N) is 3. The standard InChI is InChI=1S/C12H19N3O/c1-2-3-15-11(7-13-14-15)12(16)10-5-8-4-9(8)6-10/h7-10,12,16H,2-6H2,1H3. The van der Waals surface area contributed by atoms with Gasteiger partial charge in [0.25, 0.3) is 0 Å². The first-order chi connectivity index (χ1) is 7.79. The third-order valence-electron chi connectivity index (χ3n) is 4.11. The summed E-state index contributed by atoms with van der Waals surface area (Å²) in [5.74, 6) is 2.27. The number of rotatable bonds is 4. The summed E-state index contributed by atoms with van der Waals surface area (Å²) in [4.78, 5) is 0. The molecular weight excluding hydrogens is 202 g/mol. The van der Waals surface area contributed by atoms with Crippen LogP contribution < -0.4 is 0 Å². The van der Waals surface area contributed by atoms with Crippen molar-refractivity contribution in [2.45, 2.75) is 45.3 Å². The van der Waals surface area contributed by atoms with Gasteiger partial charge in [-0.2, -0.15) is 0 Å². The molecule has 0 bridgehead atoms. The maximum atomic E-state index is 10.4. The van der Waals surface area contributed by atoms with Crippen molar-refractivity contribution >= 4 is 0 Å². The zero-order valence-electron chi connectivity index (χ0n) is 9.71. The molecule has 2 saturated carbocycles. The van der Waals surface area contributed by atoms with Crippen LogP contribution in [0.3, 0.4) is 0 Å². The van der Waals surface area contributed by atoms with Gasteiger partial charge in [-0.25, -0.2) is 4.68 Å². The van der Waals surface area contributed by atoms with Gasteiger partial charge in [-0.1, -0.05) is 12.1 Å². The van der Waals surface area contributed by atoms with Gasteiger partial charge in [0.15, 0.2) is 0 Å². The van der Waals surface area contributed by atoms with Crippen molar-refractivity contribution in [2.75, 3.05) is 0 Å². The van der Waals surface area contributed by atoms with Crippen LogP contribution in [0.15, 0.2) is 6.20 Å². The molecule has 0 radical (unpaired) electrons. The van der Waals surface area contributed by atoms with Crippen LogP contribution >= 0.6 is 0 Å². The van der Waals surface area contributed by atoms with Crippen molar-refractivity contribution < 1.29 is 5.11 Å². The summed E-state index contributed by atoms with van der Waals surface area (Å²) in [6, 6.07) is 0. The molecule has 3 unspecified atom stereocenters. The average molecular weight is 221 g/mol. The molecule has 0 spiro atoms. The van der Waals surface area contributed by atoms with E-state index in [0.29, 0.717) is 5.92 Å². The monoisotopic (exact) mass is 221 g/mol. The van der Waals surface area contributed by atoms with Crippen LogP contribution in [0.1, 0.15) is 44.4 Å². The molecule has 88 valence electrons. The van der Waals surface area contributed by atoms with E-state index in [1.54, 1.807) is 6.20 Å². The van der Waals surface area contributed by atoms with E-state index in [2.05, 4.69) is 17.2 Å². The number of aromatic nitrogens is 3. The lowest BCUT2D eigenvalue weighted by Crippen LogP contribution is -2.16. The van der Waals surface area contributed by atoms with Crippen molar-refractivity contribution in [1.82, 2.24) is 15.0 Å². The number of aliphatic hydroxyl groups is 1. The van der Waals surface area contributed by atoms with Crippen molar-refractivity contribution in [2.24, 2.45) is 17.8 Å². The molecular formula is C12H19N3O. The number of aliphatic hydroxyl groups excluding tert-OH is 1. The smallest absolute Gasteiger partial charge is 0.100 e. The van der Waals surface area contributed by atoms with Crippen molar-refractivity contribution in [1.29, 1.82) is 0 Å². The number of aryl methyl sites for hydroxylation is 1. The molecule has 16 heavy (non-hydrogen) atoms. The SMILES string of the molecule is CCCn1nncc1C(O)C1CC2CC2C1. The summed E-state index contributed by atoms with van der Waals surface area (Å²) >= 11 is 0. The molecule has 1 aromatic rings. The van der Waals surface area contributed by atoms with Gasteiger partial charge in [0.05, 0.1) is 11.9 Å². The van der Waals surface area contributed by atoms with E-state index in [0.717, 1.165) is 30.5 Å². The van der Waals surface area contributed by atoms with Crippen LogP contribution in [0.2, 0.25) is 0 Å². The molecule has 4 nitrogen and oxygen atoms in total. The summed E-state index contributed by atoms with van der Waals surface area (Å²) < 4.78 is 1.86. The Labute approximate surface area is 95.7 Å². The summed E-state index contributed by atoms with van der Waals surface area (Å²) in [6.45, 7) is 2.97. The fourth-order valence-electron chi connectivity index (χ4n) is 3.14. The number of hydrogen-bond donors (Lipinski definition) is 1. The maximum Gasteiger partial charge on any atom is 0.100 e. The summed E-state index contributed by atoms with van der Waals surface area (Å²) in [7, 11) is 0. The van der Waals surface area contributed by atoms with Crippen LogP contribution in [0.4, 0.5) is 0 Å². The predicted octanol–water partition coefficient (Wildman–Crippen LogP) is 1.77. The highest BCUT2D eigenvalue weighted by molar-refractivity contribution is 5.06. The van der Waals surface area contributed by atoms with Crippen LogP contribution in [0, 0.1) is 17.8 Å². The molecule has 2 fully saturated rings. The molecule has 3 atom stereocenters. The lowest BCUT2D eigenvalue weighted by atomic mass is 9.95. The third kappa shape index (κ3) is 1.65. The largest absolute Gasteiger partial charge is 0.386 e. The van der Waals surface area contributed by atoms with E-state index < -0.39 is 0 Å². The fourth-order valence-corrected chi connectivity index (χ4v) is 3.14. The second-order valence-electron chi connectivity index (χ2n) is 5.31. The van der Waals surface area contributed by atoms with E-state index in [1.807, 2.05) is 4.68 Å². The van der Waals surface area contributed by atoms with Gasteiger partial charge in [-0.05, 0) is 43.4 Å². The van der Waals surface area contributed by atoms with Crippen molar-refractivity contribution in [3.63, 3.8) is 0 Å². The van der Waals surface area contributed by atoms with Crippen molar-refractivity contribution in [3.8, 4) is 0 Å². The fraction of sp³-hybridized carbons (Fsp3) is 0.833. The van der Waals surface area contributed by atoms with Gasteiger partial charge in [-0.15, -0.1) is 5.10 Å². The molecule has 4 heteroatoms. The topological polar surface area (TPSA) is 50.9 Å². The summed E-state index contributed by atoms with van der Waals surface area (Å²) in [6.07, 6.45) is 6.19. The highest BCUT2D eigenvalue weighted by atomic mass is 16.3. The Balaban J connectivity index is 1.72. The quantitative estimate of drug-likeness (QED) is 0.843. The Morgan fingerprint density at radius 2 is 2.19 bits per heavy atom. The van der Waals surface area contributed by atoms with Gasteiger partial charge < -0.3 is 5.11 Å². The zero-order valence-corrected chi connectivity index (χ0v) is 9.71. The maximum absolute atomic E-state index is 10.4. The molecule has 2 aliphatic rings. The molecule has 1 aromatic heterocycles.